The van der Waals surface area contributed by atoms with Crippen molar-refractivity contribution in [3.05, 3.63) is 130 Å². The van der Waals surface area contributed by atoms with Crippen LogP contribution < -0.4 is 5.32 Å². The fourth-order valence-corrected chi connectivity index (χ4v) is 4.79. The Morgan fingerprint density at radius 1 is 0.767 bits per heavy atom. The molecule has 0 aromatic heterocycles. The topological polar surface area (TPSA) is 111 Å². The molecule has 0 aliphatic carbocycles. The lowest BCUT2D eigenvalue weighted by Gasteiger charge is -2.21. The largest absolute Gasteiger partial charge is 0.474 e. The quantitative estimate of drug-likeness (QED) is 0.148. The van der Waals surface area contributed by atoms with Crippen molar-refractivity contribution >= 4 is 17.8 Å². The van der Waals surface area contributed by atoms with Crippen LogP contribution in [0.3, 0.4) is 0 Å². The number of carbonyl (C=O) groups excluding carboxylic acids is 2. The van der Waals surface area contributed by atoms with Crippen molar-refractivity contribution < 1.29 is 19.5 Å². The summed E-state index contributed by atoms with van der Waals surface area (Å²) in [6.45, 7) is 2.84. The van der Waals surface area contributed by atoms with Gasteiger partial charge in [0.25, 0.3) is 5.91 Å². The predicted octanol–water partition coefficient (Wildman–Crippen LogP) is 6.50. The maximum Gasteiger partial charge on any atom is 0.394 e. The van der Waals surface area contributed by atoms with Crippen molar-refractivity contribution in [2.75, 3.05) is 0 Å². The maximum absolute atomic E-state index is 12.9. The number of hydrogen-bond donors (Lipinski definition) is 2. The Morgan fingerprint density at radius 2 is 1.37 bits per heavy atom. The highest BCUT2D eigenvalue weighted by atomic mass is 16.4. The summed E-state index contributed by atoms with van der Waals surface area (Å²) in [5.41, 5.74) is 6.64. The number of aryl methyl sites for hydroxylation is 1. The number of rotatable bonds is 12. The summed E-state index contributed by atoms with van der Waals surface area (Å²) < 4.78 is 0. The number of carbonyl (C=O) groups is 3. The monoisotopic (exact) mass is 573 g/mol. The molecule has 7 nitrogen and oxygen atoms in total. The van der Waals surface area contributed by atoms with Crippen LogP contribution in [0.15, 0.2) is 97.1 Å². The molecule has 0 saturated carbocycles. The van der Waals surface area contributed by atoms with Gasteiger partial charge in [-0.3, -0.25) is 9.59 Å². The summed E-state index contributed by atoms with van der Waals surface area (Å²) in [4.78, 5) is 38.0. The number of nitriles is 1. The molecule has 43 heavy (non-hydrogen) atoms. The van der Waals surface area contributed by atoms with Crippen LogP contribution in [0.25, 0.3) is 11.1 Å². The van der Waals surface area contributed by atoms with E-state index in [0.29, 0.717) is 17.7 Å². The first-order valence-electron chi connectivity index (χ1n) is 14.4. The van der Waals surface area contributed by atoms with Gasteiger partial charge in [0.15, 0.2) is 0 Å². The minimum atomic E-state index is -1.53. The smallest absolute Gasteiger partial charge is 0.394 e. The van der Waals surface area contributed by atoms with E-state index < -0.39 is 11.9 Å². The lowest BCUT2D eigenvalue weighted by molar-refractivity contribution is -0.156. The van der Waals surface area contributed by atoms with E-state index >= 15 is 0 Å². The van der Waals surface area contributed by atoms with E-state index in [1.807, 2.05) is 48.5 Å². The highest BCUT2D eigenvalue weighted by molar-refractivity contribution is 6.31. The van der Waals surface area contributed by atoms with Gasteiger partial charge in [0, 0.05) is 25.2 Å². The Hall–Kier alpha value is -5.22. The zero-order valence-corrected chi connectivity index (χ0v) is 24.3. The maximum atomic E-state index is 12.9. The number of nitrogens with one attached hydrogen (secondary N) is 1. The molecule has 4 aromatic rings. The fourth-order valence-electron chi connectivity index (χ4n) is 4.79. The van der Waals surface area contributed by atoms with Crippen molar-refractivity contribution in [2.24, 2.45) is 0 Å². The third kappa shape index (κ3) is 8.88. The van der Waals surface area contributed by atoms with Crippen LogP contribution in [0.5, 0.6) is 0 Å². The van der Waals surface area contributed by atoms with Crippen molar-refractivity contribution in [2.45, 2.75) is 52.2 Å². The van der Waals surface area contributed by atoms with Gasteiger partial charge in [-0.25, -0.2) is 4.79 Å². The fraction of sp³-hybridized carbons (Fsp3) is 0.222. The summed E-state index contributed by atoms with van der Waals surface area (Å²) in [6.07, 6.45) is 4.70. The normalized spacial score (nSPS) is 10.5. The Labute approximate surface area is 252 Å². The molecule has 0 aliphatic rings. The first-order chi connectivity index (χ1) is 20.9. The molecule has 2 N–H and O–H groups in total. The van der Waals surface area contributed by atoms with E-state index in [9.17, 15) is 19.5 Å². The molecule has 0 radical (unpaired) electrons. The van der Waals surface area contributed by atoms with E-state index in [0.717, 1.165) is 34.2 Å². The van der Waals surface area contributed by atoms with Crippen LogP contribution in [0, 0.1) is 11.3 Å². The van der Waals surface area contributed by atoms with Crippen LogP contribution in [0.4, 0.5) is 0 Å². The van der Waals surface area contributed by atoms with Gasteiger partial charge in [0.05, 0.1) is 11.6 Å². The van der Waals surface area contributed by atoms with Crippen molar-refractivity contribution in [3.8, 4) is 17.2 Å². The average Bonchev–Trinajstić information content (AvgIpc) is 3.04. The van der Waals surface area contributed by atoms with Crippen molar-refractivity contribution in [3.63, 3.8) is 0 Å². The zero-order chi connectivity index (χ0) is 30.6. The summed E-state index contributed by atoms with van der Waals surface area (Å²) in [7, 11) is 0. The Balaban J connectivity index is 1.38. The summed E-state index contributed by atoms with van der Waals surface area (Å²) in [6, 6.07) is 32.0. The van der Waals surface area contributed by atoms with Crippen LogP contribution in [0.1, 0.15) is 64.4 Å². The number of carboxylic acids is 1. The number of nitrogens with zero attached hydrogens (tertiary/aromatic N) is 2. The molecule has 4 aromatic carbocycles. The van der Waals surface area contributed by atoms with E-state index in [2.05, 4.69) is 36.5 Å². The summed E-state index contributed by atoms with van der Waals surface area (Å²) >= 11 is 0. The molecule has 0 aliphatic heterocycles. The van der Waals surface area contributed by atoms with E-state index in [1.165, 1.54) is 29.7 Å². The predicted molar refractivity (Wildman–Crippen MR) is 166 cm³/mol. The second-order valence-corrected chi connectivity index (χ2v) is 10.5. The number of unbranched alkanes of at least 4 members (excludes halogenated alkanes) is 2. The molecule has 7 heteroatoms. The van der Waals surface area contributed by atoms with Crippen LogP contribution in [-0.4, -0.2) is 27.8 Å². The number of aliphatic carboxylic acids is 1. The third-order valence-corrected chi connectivity index (χ3v) is 7.26. The minimum absolute atomic E-state index is 0.0961. The second kappa shape index (κ2) is 15.1. The number of hydrogen-bond acceptors (Lipinski definition) is 4. The SMILES string of the molecule is CCCCCc1ccc(CNC(=O)c2cccc(-c3ccc(CN(Cc4ccc(C#N)cc4)C(=O)C(=O)O)cc3)c2)cc1. The molecule has 0 unspecified atom stereocenters. The number of amides is 2. The number of carboxylic acid groups (broad SMARTS) is 1. The molecule has 0 saturated heterocycles. The van der Waals surface area contributed by atoms with Crippen LogP contribution in [0.2, 0.25) is 0 Å². The highest BCUT2D eigenvalue weighted by Gasteiger charge is 2.21. The molecule has 0 heterocycles. The number of benzene rings is 4. The Bertz CT molecular complexity index is 1590. The lowest BCUT2D eigenvalue weighted by atomic mass is 10.0. The van der Waals surface area contributed by atoms with Crippen LogP contribution in [-0.2, 0) is 35.6 Å². The molecular formula is C36H35N3O4. The zero-order valence-electron chi connectivity index (χ0n) is 24.3. The first kappa shape index (κ1) is 30.7. The minimum Gasteiger partial charge on any atom is -0.474 e. The standard InChI is InChI=1S/C36H35N3O4/c1-2-3-4-6-26-9-13-28(14-10-26)23-38-34(40)33-8-5-7-32(21-33)31-19-17-30(18-20-31)25-39(35(41)36(42)43)24-29-15-11-27(22-37)12-16-29/h5,7-21H,2-4,6,23-25H2,1H3,(H,38,40)(H,42,43). The molecule has 0 spiro atoms. The molecule has 0 bridgehead atoms. The van der Waals surface area contributed by atoms with E-state index in [1.54, 1.807) is 30.3 Å². The van der Waals surface area contributed by atoms with Crippen molar-refractivity contribution in [1.29, 1.82) is 5.26 Å². The molecule has 4 rings (SSSR count). The highest BCUT2D eigenvalue weighted by Crippen LogP contribution is 2.22. The average molecular weight is 574 g/mol. The first-order valence-corrected chi connectivity index (χ1v) is 14.4. The molecule has 0 atom stereocenters. The van der Waals surface area contributed by atoms with Gasteiger partial charge in [0.1, 0.15) is 0 Å². The summed E-state index contributed by atoms with van der Waals surface area (Å²) in [5.74, 6) is -2.69. The van der Waals surface area contributed by atoms with Crippen LogP contribution >= 0.6 is 0 Å². The lowest BCUT2D eigenvalue weighted by Crippen LogP contribution is -2.35. The van der Waals surface area contributed by atoms with Gasteiger partial charge in [-0.15, -0.1) is 0 Å². The van der Waals surface area contributed by atoms with Gasteiger partial charge in [-0.2, -0.15) is 5.26 Å². The molecule has 218 valence electrons. The van der Waals surface area contributed by atoms with Crippen molar-refractivity contribution in [1.82, 2.24) is 10.2 Å². The van der Waals surface area contributed by atoms with Gasteiger partial charge in [-0.1, -0.05) is 92.6 Å². The van der Waals surface area contributed by atoms with Gasteiger partial charge >= 0.3 is 11.9 Å². The van der Waals surface area contributed by atoms with Gasteiger partial charge < -0.3 is 15.3 Å². The van der Waals surface area contributed by atoms with E-state index in [4.69, 9.17) is 5.26 Å². The molecule has 0 fully saturated rings. The summed E-state index contributed by atoms with van der Waals surface area (Å²) in [5, 5.41) is 21.3. The Kier molecular flexibility index (Phi) is 10.8. The second-order valence-electron chi connectivity index (χ2n) is 10.5. The Morgan fingerprint density at radius 3 is 1.98 bits per heavy atom. The third-order valence-electron chi connectivity index (χ3n) is 7.26. The van der Waals surface area contributed by atoms with Gasteiger partial charge in [0.2, 0.25) is 0 Å². The van der Waals surface area contributed by atoms with E-state index in [-0.39, 0.29) is 19.0 Å². The van der Waals surface area contributed by atoms with Gasteiger partial charge in [-0.05, 0) is 70.5 Å². The molecule has 2 amide bonds. The molecular weight excluding hydrogens is 538 g/mol.